The van der Waals surface area contributed by atoms with Crippen molar-refractivity contribution in [2.75, 3.05) is 24.5 Å². The topological polar surface area (TPSA) is 84.2 Å². The number of amides is 2. The van der Waals surface area contributed by atoms with Crippen LogP contribution in [0.5, 0.6) is 0 Å². The van der Waals surface area contributed by atoms with E-state index < -0.39 is 0 Å². The third-order valence-electron chi connectivity index (χ3n) is 7.20. The monoisotopic (exact) mass is 576 g/mol. The maximum Gasteiger partial charge on any atom is 0.277 e. The van der Waals surface area contributed by atoms with Crippen LogP contribution in [-0.2, 0) is 5.41 Å². The van der Waals surface area contributed by atoms with Crippen LogP contribution in [0.15, 0.2) is 77.7 Å². The van der Waals surface area contributed by atoms with Crippen molar-refractivity contribution in [1.82, 2.24) is 24.6 Å². The van der Waals surface area contributed by atoms with Crippen molar-refractivity contribution in [2.45, 2.75) is 18.3 Å². The van der Waals surface area contributed by atoms with Crippen LogP contribution in [0.2, 0.25) is 5.02 Å². The molecule has 0 saturated carbocycles. The average Bonchev–Trinajstić information content (AvgIpc) is 3.47. The molecule has 1 fully saturated rings. The number of hydrogen-bond acceptors (Lipinski definition) is 5. The fourth-order valence-corrected chi connectivity index (χ4v) is 5.94. The van der Waals surface area contributed by atoms with Gasteiger partial charge in [-0.05, 0) is 64.7 Å². The minimum absolute atomic E-state index is 0.0596. The van der Waals surface area contributed by atoms with Gasteiger partial charge in [0, 0.05) is 49.2 Å². The smallest absolute Gasteiger partial charge is 0.277 e. The zero-order valence-electron chi connectivity index (χ0n) is 19.7. The molecule has 8 nitrogen and oxygen atoms in total. The summed E-state index contributed by atoms with van der Waals surface area (Å²) in [5.41, 5.74) is 2.59. The quantitative estimate of drug-likeness (QED) is 0.345. The molecule has 5 heterocycles. The predicted molar refractivity (Wildman–Crippen MR) is 143 cm³/mol. The molecular weight excluding hydrogens is 556 g/mol. The van der Waals surface area contributed by atoms with Crippen LogP contribution in [-0.4, -0.2) is 56.1 Å². The molecule has 3 aromatic heterocycles. The molecule has 1 aromatic carbocycles. The zero-order chi connectivity index (χ0) is 25.6. The summed E-state index contributed by atoms with van der Waals surface area (Å²) in [4.78, 5) is 39.2. The lowest BCUT2D eigenvalue weighted by molar-refractivity contribution is 0.0665. The lowest BCUT2D eigenvalue weighted by Crippen LogP contribution is -2.48. The van der Waals surface area contributed by atoms with Crippen molar-refractivity contribution in [3.8, 4) is 5.82 Å². The molecule has 37 heavy (non-hydrogen) atoms. The molecule has 1 spiro atoms. The maximum absolute atomic E-state index is 14.0. The van der Waals surface area contributed by atoms with Crippen molar-refractivity contribution in [2.24, 2.45) is 0 Å². The number of nitrogens with zero attached hydrogens (tertiary/aromatic N) is 6. The molecule has 0 aliphatic carbocycles. The number of likely N-dealkylation sites (tertiary alicyclic amines) is 1. The number of anilines is 1. The van der Waals surface area contributed by atoms with E-state index >= 15 is 0 Å². The summed E-state index contributed by atoms with van der Waals surface area (Å²) in [5.74, 6) is 0.147. The van der Waals surface area contributed by atoms with Crippen molar-refractivity contribution in [3.05, 3.63) is 99.6 Å². The Hall–Kier alpha value is -3.56. The molecule has 2 aliphatic rings. The molecule has 2 amide bonds. The van der Waals surface area contributed by atoms with Gasteiger partial charge in [0.15, 0.2) is 5.82 Å². The summed E-state index contributed by atoms with van der Waals surface area (Å²) in [5, 5.41) is 4.84. The highest BCUT2D eigenvalue weighted by molar-refractivity contribution is 9.10. The Balaban J connectivity index is 1.30. The van der Waals surface area contributed by atoms with Crippen molar-refractivity contribution in [1.29, 1.82) is 0 Å². The van der Waals surface area contributed by atoms with E-state index in [0.29, 0.717) is 46.5 Å². The lowest BCUT2D eigenvalue weighted by Gasteiger charge is -2.39. The molecule has 0 bridgehead atoms. The standard InChI is InChI=1S/C27H22BrClN6O2/c28-23-16-22(35(32-23)24-19(29)7-5-13-31-24)26(37)34-17-27(18-6-1-2-9-21(18)34)10-14-33(15-11-27)25(36)20-8-3-4-12-30-20/h1-9,12-13,16H,10-11,14-15,17H2. The van der Waals surface area contributed by atoms with Crippen LogP contribution in [0.3, 0.4) is 0 Å². The van der Waals surface area contributed by atoms with Crippen molar-refractivity contribution < 1.29 is 9.59 Å². The molecular formula is C27H22BrClN6O2. The van der Waals surface area contributed by atoms with E-state index in [4.69, 9.17) is 11.6 Å². The SMILES string of the molecule is O=C(c1ccccn1)N1CCC2(CC1)CN(C(=O)c1cc(Br)nn1-c1ncccc1Cl)c1ccccc12. The highest BCUT2D eigenvalue weighted by Gasteiger charge is 2.47. The fraction of sp³-hybridized carbons (Fsp3) is 0.222. The molecule has 0 radical (unpaired) electrons. The van der Waals surface area contributed by atoms with Gasteiger partial charge in [-0.3, -0.25) is 14.6 Å². The second-order valence-corrected chi connectivity index (χ2v) is 10.5. The van der Waals surface area contributed by atoms with Crippen LogP contribution >= 0.6 is 27.5 Å². The van der Waals surface area contributed by atoms with Gasteiger partial charge in [-0.25, -0.2) is 9.67 Å². The fourth-order valence-electron chi connectivity index (χ4n) is 5.37. The summed E-state index contributed by atoms with van der Waals surface area (Å²) >= 11 is 9.79. The van der Waals surface area contributed by atoms with Gasteiger partial charge in [-0.2, -0.15) is 5.10 Å². The Morgan fingerprint density at radius 1 is 0.919 bits per heavy atom. The van der Waals surface area contributed by atoms with Crippen LogP contribution in [0, 0.1) is 0 Å². The molecule has 2 aliphatic heterocycles. The van der Waals surface area contributed by atoms with E-state index in [0.717, 1.165) is 24.1 Å². The number of piperidine rings is 1. The van der Waals surface area contributed by atoms with E-state index in [9.17, 15) is 9.59 Å². The Morgan fingerprint density at radius 2 is 1.68 bits per heavy atom. The third-order valence-corrected chi connectivity index (χ3v) is 7.88. The summed E-state index contributed by atoms with van der Waals surface area (Å²) < 4.78 is 2.00. The van der Waals surface area contributed by atoms with Gasteiger partial charge in [0.1, 0.15) is 16.0 Å². The minimum Gasteiger partial charge on any atom is -0.337 e. The normalized spacial score (nSPS) is 16.2. The van der Waals surface area contributed by atoms with E-state index in [1.807, 2.05) is 34.1 Å². The van der Waals surface area contributed by atoms with Gasteiger partial charge < -0.3 is 9.80 Å². The second kappa shape index (κ2) is 9.39. The number of hydrogen-bond donors (Lipinski definition) is 0. The number of para-hydroxylation sites is 1. The van der Waals surface area contributed by atoms with Gasteiger partial charge >= 0.3 is 0 Å². The van der Waals surface area contributed by atoms with Gasteiger partial charge in [-0.15, -0.1) is 0 Å². The number of aromatic nitrogens is 4. The molecule has 10 heteroatoms. The molecule has 0 unspecified atom stereocenters. The summed E-state index contributed by atoms with van der Waals surface area (Å²) in [6.45, 7) is 1.72. The number of pyridine rings is 2. The molecule has 4 aromatic rings. The molecule has 0 N–H and O–H groups in total. The number of halogens is 2. The van der Waals surface area contributed by atoms with Crippen LogP contribution < -0.4 is 4.90 Å². The third kappa shape index (κ3) is 4.12. The van der Waals surface area contributed by atoms with E-state index in [2.05, 4.69) is 37.1 Å². The number of benzene rings is 1. The van der Waals surface area contributed by atoms with Gasteiger partial charge in [-0.1, -0.05) is 35.9 Å². The zero-order valence-corrected chi connectivity index (χ0v) is 22.1. The first-order valence-electron chi connectivity index (χ1n) is 11.9. The first-order chi connectivity index (χ1) is 18.0. The summed E-state index contributed by atoms with van der Waals surface area (Å²) in [6, 6.07) is 18.5. The van der Waals surface area contributed by atoms with Crippen LogP contribution in [0.4, 0.5) is 5.69 Å². The largest absolute Gasteiger partial charge is 0.337 e. The first kappa shape index (κ1) is 23.8. The number of carbonyl (C=O) groups excluding carboxylic acids is 2. The van der Waals surface area contributed by atoms with Gasteiger partial charge in [0.2, 0.25) is 0 Å². The van der Waals surface area contributed by atoms with Crippen LogP contribution in [0.1, 0.15) is 39.4 Å². The minimum atomic E-state index is -0.238. The lowest BCUT2D eigenvalue weighted by atomic mass is 9.74. The molecule has 1 saturated heterocycles. The average molecular weight is 578 g/mol. The molecule has 186 valence electrons. The Labute approximate surface area is 227 Å². The van der Waals surface area contributed by atoms with E-state index in [1.54, 1.807) is 42.7 Å². The van der Waals surface area contributed by atoms with Crippen molar-refractivity contribution in [3.63, 3.8) is 0 Å². The van der Waals surface area contributed by atoms with E-state index in [1.165, 1.54) is 4.68 Å². The number of fused-ring (bicyclic) bond motifs is 2. The summed E-state index contributed by atoms with van der Waals surface area (Å²) in [7, 11) is 0. The summed E-state index contributed by atoms with van der Waals surface area (Å²) in [6.07, 6.45) is 4.75. The van der Waals surface area contributed by atoms with Crippen molar-refractivity contribution >= 4 is 45.0 Å². The Kier molecular flexibility index (Phi) is 6.04. The van der Waals surface area contributed by atoms with Gasteiger partial charge in [0.05, 0.1) is 5.02 Å². The highest BCUT2D eigenvalue weighted by Crippen LogP contribution is 2.47. The number of rotatable bonds is 3. The van der Waals surface area contributed by atoms with Gasteiger partial charge in [0.25, 0.3) is 11.8 Å². The Bertz CT molecular complexity index is 1500. The molecule has 6 rings (SSSR count). The molecule has 0 atom stereocenters. The second-order valence-electron chi connectivity index (χ2n) is 9.27. The Morgan fingerprint density at radius 3 is 2.43 bits per heavy atom. The first-order valence-corrected chi connectivity index (χ1v) is 13.1. The van der Waals surface area contributed by atoms with Crippen LogP contribution in [0.25, 0.3) is 5.82 Å². The number of carbonyl (C=O) groups is 2. The highest BCUT2D eigenvalue weighted by atomic mass is 79.9. The predicted octanol–water partition coefficient (Wildman–Crippen LogP) is 4.91. The van der Waals surface area contributed by atoms with E-state index in [-0.39, 0.29) is 17.2 Å². The maximum atomic E-state index is 14.0.